The van der Waals surface area contributed by atoms with Crippen LogP contribution in [0.5, 0.6) is 28.7 Å². The number of aliphatic carboxylic acids is 1. The third kappa shape index (κ3) is 7.39. The van der Waals surface area contributed by atoms with E-state index in [2.05, 4.69) is 22.7 Å². The minimum atomic E-state index is -1.46. The van der Waals surface area contributed by atoms with Crippen LogP contribution in [0.1, 0.15) is 107 Å². The molecule has 63 heavy (non-hydrogen) atoms. The lowest BCUT2D eigenvalue weighted by Gasteiger charge is -2.49. The Kier molecular flexibility index (Phi) is 11.6. The summed E-state index contributed by atoms with van der Waals surface area (Å²) in [6, 6.07) is 18.7. The quantitative estimate of drug-likeness (QED) is 0.0405. The molecule has 0 amide bonds. The van der Waals surface area contributed by atoms with Gasteiger partial charge in [-0.05, 0) is 110 Å². The predicted molar refractivity (Wildman–Crippen MR) is 226 cm³/mol. The Morgan fingerprint density at radius 2 is 1.60 bits per heavy atom. The van der Waals surface area contributed by atoms with Gasteiger partial charge in [-0.3, -0.25) is 10.1 Å². The van der Waals surface area contributed by atoms with Gasteiger partial charge in [0, 0.05) is 34.4 Å². The molecule has 2 heterocycles. The maximum Gasteiger partial charge on any atom is 0.341 e. The Balaban J connectivity index is 0.000000177. The molecule has 2 unspecified atom stereocenters. The van der Waals surface area contributed by atoms with E-state index in [1.54, 1.807) is 24.3 Å². The van der Waals surface area contributed by atoms with Gasteiger partial charge < -0.3 is 55.4 Å². The summed E-state index contributed by atoms with van der Waals surface area (Å²) < 4.78 is 17.9. The number of aliphatic hydroxyl groups excluding tert-OH is 2. The Morgan fingerprint density at radius 3 is 2.22 bits per heavy atom. The second-order valence-corrected chi connectivity index (χ2v) is 17.1. The molecule has 332 valence electrons. The van der Waals surface area contributed by atoms with Crippen molar-refractivity contribution in [2.75, 3.05) is 13.1 Å². The average molecular weight is 866 g/mol. The number of esters is 1. The molecule has 0 radical (unpaired) electrons. The van der Waals surface area contributed by atoms with E-state index in [0.717, 1.165) is 24.0 Å². The van der Waals surface area contributed by atoms with Crippen LogP contribution in [0.15, 0.2) is 78.0 Å². The van der Waals surface area contributed by atoms with Crippen LogP contribution in [0.4, 0.5) is 0 Å². The summed E-state index contributed by atoms with van der Waals surface area (Å²) in [5, 5.41) is 79.7. The van der Waals surface area contributed by atoms with Gasteiger partial charge in [0.25, 0.3) is 0 Å². The Morgan fingerprint density at radius 1 is 0.921 bits per heavy atom. The minimum absolute atomic E-state index is 0.0325. The fraction of sp³-hybridized carbons (Fsp3) is 0.404. The van der Waals surface area contributed by atoms with Crippen molar-refractivity contribution in [3.63, 3.8) is 0 Å². The number of hydrogen-bond acceptors (Lipinski definition) is 14. The lowest BCUT2D eigenvalue weighted by molar-refractivity contribution is -0.138. The molecule has 8 atom stereocenters. The molecule has 1 spiro atoms. The molecule has 9 rings (SSSR count). The molecule has 2 saturated carbocycles. The number of hydrogen-bond donors (Lipinski definition) is 9. The molecule has 0 bridgehead atoms. The van der Waals surface area contributed by atoms with Gasteiger partial charge >= 0.3 is 17.9 Å². The number of carboxylic acids is 2. The SMILES string of the molecule is CCNC(CC(=O)O)C(NCC)Oc1ccc2c(c1)C(=NO)C[C@@H]1[C@@H]2CC[C@]2(C)[C@@H](O)[C@H](O)C[C@@H]12.O=C(O)c1cccc2c1C(=O)OC21c2ccc(O)cc2Oc2cc(O)ccc21. The highest BCUT2D eigenvalue weighted by molar-refractivity contribution is 6.07. The van der Waals surface area contributed by atoms with E-state index in [0.29, 0.717) is 54.1 Å². The topological polar surface area (TPSA) is 257 Å². The molecule has 2 aliphatic heterocycles. The van der Waals surface area contributed by atoms with Crippen LogP contribution in [0.3, 0.4) is 0 Å². The van der Waals surface area contributed by atoms with E-state index in [1.807, 2.05) is 32.0 Å². The van der Waals surface area contributed by atoms with Gasteiger partial charge in [0.15, 0.2) is 11.8 Å². The first kappa shape index (κ1) is 43.4. The molecule has 16 nitrogen and oxygen atoms in total. The summed E-state index contributed by atoms with van der Waals surface area (Å²) in [5.41, 5.74) is 1.81. The fourth-order valence-corrected chi connectivity index (χ4v) is 10.8. The zero-order valence-corrected chi connectivity index (χ0v) is 34.9. The molecule has 0 aromatic heterocycles. The lowest BCUT2D eigenvalue weighted by Crippen LogP contribution is -2.52. The van der Waals surface area contributed by atoms with Gasteiger partial charge in [-0.1, -0.05) is 44.1 Å². The van der Waals surface area contributed by atoms with Gasteiger partial charge in [-0.15, -0.1) is 0 Å². The van der Waals surface area contributed by atoms with E-state index >= 15 is 0 Å². The van der Waals surface area contributed by atoms with Gasteiger partial charge in [0.05, 0.1) is 41.5 Å². The number of phenolic OH excluding ortho intramolecular Hbond substituents is 2. The maximum atomic E-state index is 12.8. The number of likely N-dealkylation sites (N-methyl/N-ethyl adjacent to an activating group) is 2. The first-order valence-corrected chi connectivity index (χ1v) is 21.2. The number of aliphatic hydroxyl groups is 2. The number of benzene rings is 4. The molecule has 3 aliphatic carbocycles. The average Bonchev–Trinajstić information content (AvgIpc) is 3.68. The number of aromatic carboxylic acids is 1. The highest BCUT2D eigenvalue weighted by Crippen LogP contribution is 2.61. The molecule has 9 N–H and O–H groups in total. The predicted octanol–water partition coefficient (Wildman–Crippen LogP) is 5.64. The van der Waals surface area contributed by atoms with Gasteiger partial charge in [-0.25, -0.2) is 9.59 Å². The number of fused-ring (bicyclic) bond motifs is 11. The molecule has 5 aliphatic rings. The number of ether oxygens (including phenoxy) is 3. The highest BCUT2D eigenvalue weighted by atomic mass is 16.6. The third-order valence-electron chi connectivity index (χ3n) is 13.6. The maximum absolute atomic E-state index is 12.8. The summed E-state index contributed by atoms with van der Waals surface area (Å²) in [6.45, 7) is 7.17. The summed E-state index contributed by atoms with van der Waals surface area (Å²) in [6.07, 6.45) is 0.809. The summed E-state index contributed by atoms with van der Waals surface area (Å²) >= 11 is 0. The van der Waals surface area contributed by atoms with Crippen molar-refractivity contribution >= 4 is 23.6 Å². The number of carboxylic acid groups (broad SMARTS) is 2. The normalized spacial score (nSPS) is 26.0. The zero-order chi connectivity index (χ0) is 45.0. The van der Waals surface area contributed by atoms with Crippen LogP contribution in [-0.2, 0) is 15.1 Å². The largest absolute Gasteiger partial charge is 0.508 e. The molecule has 4 aromatic rings. The van der Waals surface area contributed by atoms with Crippen molar-refractivity contribution in [2.24, 2.45) is 22.4 Å². The van der Waals surface area contributed by atoms with Crippen molar-refractivity contribution in [1.29, 1.82) is 0 Å². The number of aromatic hydroxyl groups is 2. The number of carbonyl (C=O) groups is 3. The standard InChI is InChI=1S/C26H39N3O6.C21H12O7/c1-4-27-21(13-23(31)32)25(28-5-2)35-14-6-7-15-16-8-9-26(3)19(12-22(30)24(26)33)17(16)11-20(29-34)18(15)10-14;22-10-4-6-13-16(8-10)27-17-9-11(23)5-7-14(17)21(13)15-3-1-2-12(19(24)25)18(15)20(26)28-21/h6-7,10,16-17,19,21-22,24-25,27-28,30,33-34H,4-5,8-9,11-13H2,1-3H3,(H,31,32);1-9,22-23H,(H,24,25)/t16-,17-,19+,21?,22-,24+,25?,26+;/m1./s1. The van der Waals surface area contributed by atoms with Gasteiger partial charge in [0.2, 0.25) is 0 Å². The molecule has 0 saturated heterocycles. The Hall–Kier alpha value is -6.20. The number of carbonyl (C=O) groups excluding carboxylic acids is 1. The smallest absolute Gasteiger partial charge is 0.341 e. The van der Waals surface area contributed by atoms with Crippen LogP contribution in [0.25, 0.3) is 0 Å². The number of oxime groups is 1. The van der Waals surface area contributed by atoms with Crippen molar-refractivity contribution in [3.05, 3.63) is 112 Å². The van der Waals surface area contributed by atoms with Crippen molar-refractivity contribution in [2.45, 2.75) is 88.9 Å². The van der Waals surface area contributed by atoms with E-state index in [9.17, 15) is 50.2 Å². The van der Waals surface area contributed by atoms with E-state index in [4.69, 9.17) is 14.2 Å². The molecule has 2 fully saturated rings. The first-order valence-electron chi connectivity index (χ1n) is 21.2. The van der Waals surface area contributed by atoms with Crippen LogP contribution in [0, 0.1) is 17.3 Å². The Labute approximate surface area is 362 Å². The number of nitrogens with one attached hydrogen (secondary N) is 2. The van der Waals surface area contributed by atoms with Gasteiger partial charge in [-0.2, -0.15) is 0 Å². The van der Waals surface area contributed by atoms with Crippen molar-refractivity contribution in [3.8, 4) is 28.7 Å². The second kappa shape index (κ2) is 16.8. The van der Waals surface area contributed by atoms with Crippen LogP contribution in [-0.4, -0.2) is 97.0 Å². The summed E-state index contributed by atoms with van der Waals surface area (Å²) in [7, 11) is 0. The third-order valence-corrected chi connectivity index (χ3v) is 13.6. The van der Waals surface area contributed by atoms with Crippen molar-refractivity contribution < 1.29 is 64.4 Å². The summed E-state index contributed by atoms with van der Waals surface area (Å²) in [5.74, 6) is -1.37. The molecule has 16 heteroatoms. The highest BCUT2D eigenvalue weighted by Gasteiger charge is 2.59. The zero-order valence-electron chi connectivity index (χ0n) is 34.9. The number of phenols is 2. The minimum Gasteiger partial charge on any atom is -0.508 e. The lowest BCUT2D eigenvalue weighted by atomic mass is 9.55. The van der Waals surface area contributed by atoms with Crippen molar-refractivity contribution in [1.82, 2.24) is 10.6 Å². The van der Waals surface area contributed by atoms with E-state index < -0.39 is 48.0 Å². The summed E-state index contributed by atoms with van der Waals surface area (Å²) in [4.78, 5) is 35.8. The first-order chi connectivity index (χ1) is 30.1. The van der Waals surface area contributed by atoms with Crippen LogP contribution >= 0.6 is 0 Å². The monoisotopic (exact) mass is 865 g/mol. The van der Waals surface area contributed by atoms with Crippen LogP contribution in [0.2, 0.25) is 0 Å². The second-order valence-electron chi connectivity index (χ2n) is 17.1. The number of rotatable bonds is 10. The number of nitrogens with zero attached hydrogens (tertiary/aromatic N) is 1. The van der Waals surface area contributed by atoms with Gasteiger partial charge in [0.1, 0.15) is 28.7 Å². The molecular weight excluding hydrogens is 815 g/mol. The van der Waals surface area contributed by atoms with Crippen LogP contribution < -0.4 is 20.1 Å². The van der Waals surface area contributed by atoms with E-state index in [-0.39, 0.29) is 63.7 Å². The fourth-order valence-electron chi connectivity index (χ4n) is 10.8. The van der Waals surface area contributed by atoms with E-state index in [1.165, 1.54) is 30.3 Å². The molecular formula is C47H51N3O13. The molecule has 4 aromatic carbocycles. The Bertz CT molecular complexity index is 2440.